The van der Waals surface area contributed by atoms with E-state index in [-0.39, 0.29) is 24.2 Å². The molecule has 0 saturated carbocycles. The lowest BCUT2D eigenvalue weighted by molar-refractivity contribution is -0.137. The predicted octanol–water partition coefficient (Wildman–Crippen LogP) is 2.54. The summed E-state index contributed by atoms with van der Waals surface area (Å²) in [4.78, 5) is 37.3. The molecule has 6 heteroatoms. The van der Waals surface area contributed by atoms with E-state index in [0.717, 1.165) is 19.3 Å². The van der Waals surface area contributed by atoms with Crippen LogP contribution in [0.25, 0.3) is 0 Å². The minimum absolute atomic E-state index is 0.0924. The van der Waals surface area contributed by atoms with Crippen molar-refractivity contribution < 1.29 is 19.5 Å². The molecule has 0 radical (unpaired) electrons. The Morgan fingerprint density at radius 3 is 2.76 bits per heavy atom. The molecule has 0 bridgehead atoms. The minimum atomic E-state index is -0.797. The van der Waals surface area contributed by atoms with Gasteiger partial charge in [0.05, 0.1) is 0 Å². The second kappa shape index (κ2) is 9.20. The van der Waals surface area contributed by atoms with E-state index in [1.54, 1.807) is 29.2 Å². The van der Waals surface area contributed by atoms with Crippen molar-refractivity contribution in [3.8, 4) is 0 Å². The number of piperidine rings is 1. The first-order valence-electron chi connectivity index (χ1n) is 8.90. The third-order valence-electron chi connectivity index (χ3n) is 4.48. The van der Waals surface area contributed by atoms with Crippen molar-refractivity contribution in [3.05, 3.63) is 35.4 Å². The Morgan fingerprint density at radius 1 is 1.28 bits per heavy atom. The molecule has 1 aliphatic heterocycles. The summed E-state index contributed by atoms with van der Waals surface area (Å²) in [5.41, 5.74) is 0.988. The Kier molecular flexibility index (Phi) is 6.98. The Bertz CT molecular complexity index is 630. The third kappa shape index (κ3) is 5.59. The number of nitrogens with zero attached hydrogens (tertiary/aromatic N) is 1. The number of hydrogen-bond acceptors (Lipinski definition) is 3. The molecule has 1 aromatic carbocycles. The average Bonchev–Trinajstić information content (AvgIpc) is 2.64. The van der Waals surface area contributed by atoms with Crippen molar-refractivity contribution >= 4 is 17.8 Å². The maximum Gasteiger partial charge on any atom is 0.303 e. The molecule has 0 spiro atoms. The summed E-state index contributed by atoms with van der Waals surface area (Å²) in [5, 5.41) is 11.6. The average molecular weight is 346 g/mol. The van der Waals surface area contributed by atoms with Crippen LogP contribution in [0.3, 0.4) is 0 Å². The second-order valence-electron chi connectivity index (χ2n) is 6.53. The summed E-state index contributed by atoms with van der Waals surface area (Å²) in [6.07, 6.45) is 3.43. The lowest BCUT2D eigenvalue weighted by Gasteiger charge is -2.32. The second-order valence-corrected chi connectivity index (χ2v) is 6.53. The molecule has 25 heavy (non-hydrogen) atoms. The van der Waals surface area contributed by atoms with Crippen molar-refractivity contribution in [2.24, 2.45) is 5.92 Å². The standard InChI is InChI=1S/C19H26N2O4/c1-2-10-20-18(24)15-6-3-7-16(12-15)19(25)21-11-4-5-14(13-21)8-9-17(22)23/h3,6-7,12,14H,2,4-5,8-11,13H2,1H3,(H,20,24)(H,22,23). The molecule has 1 heterocycles. The smallest absolute Gasteiger partial charge is 0.303 e. The molecule has 1 aromatic rings. The van der Waals surface area contributed by atoms with Crippen LogP contribution in [0, 0.1) is 5.92 Å². The number of rotatable bonds is 7. The van der Waals surface area contributed by atoms with Crippen LogP contribution in [0.2, 0.25) is 0 Å². The van der Waals surface area contributed by atoms with Crippen LogP contribution in [0.5, 0.6) is 0 Å². The molecule has 2 N–H and O–H groups in total. The van der Waals surface area contributed by atoms with Crippen molar-refractivity contribution in [2.45, 2.75) is 39.0 Å². The highest BCUT2D eigenvalue weighted by atomic mass is 16.4. The van der Waals surface area contributed by atoms with E-state index in [1.165, 1.54) is 0 Å². The first-order valence-corrected chi connectivity index (χ1v) is 8.90. The van der Waals surface area contributed by atoms with Gasteiger partial charge in [0.15, 0.2) is 0 Å². The molecule has 136 valence electrons. The summed E-state index contributed by atoms with van der Waals surface area (Å²) in [6, 6.07) is 6.78. The highest BCUT2D eigenvalue weighted by Gasteiger charge is 2.25. The van der Waals surface area contributed by atoms with Gasteiger partial charge in [-0.1, -0.05) is 13.0 Å². The van der Waals surface area contributed by atoms with E-state index in [1.807, 2.05) is 6.92 Å². The van der Waals surface area contributed by atoms with Crippen molar-refractivity contribution in [1.82, 2.24) is 10.2 Å². The van der Waals surface area contributed by atoms with Crippen LogP contribution in [0.15, 0.2) is 24.3 Å². The van der Waals surface area contributed by atoms with Crippen LogP contribution in [0.4, 0.5) is 0 Å². The molecule has 0 aliphatic carbocycles. The van der Waals surface area contributed by atoms with Crippen LogP contribution < -0.4 is 5.32 Å². The number of likely N-dealkylation sites (tertiary alicyclic amines) is 1. The highest BCUT2D eigenvalue weighted by molar-refractivity contribution is 5.99. The van der Waals surface area contributed by atoms with Gasteiger partial charge in [-0.25, -0.2) is 0 Å². The summed E-state index contributed by atoms with van der Waals surface area (Å²) in [5.74, 6) is -0.835. The van der Waals surface area contributed by atoms with Crippen molar-refractivity contribution in [3.63, 3.8) is 0 Å². The van der Waals surface area contributed by atoms with E-state index in [2.05, 4.69) is 5.32 Å². The van der Waals surface area contributed by atoms with Crippen molar-refractivity contribution in [2.75, 3.05) is 19.6 Å². The lowest BCUT2D eigenvalue weighted by Crippen LogP contribution is -2.40. The summed E-state index contributed by atoms with van der Waals surface area (Å²) in [6.45, 7) is 3.85. The van der Waals surface area contributed by atoms with E-state index < -0.39 is 5.97 Å². The maximum atomic E-state index is 12.8. The van der Waals surface area contributed by atoms with Crippen LogP contribution >= 0.6 is 0 Å². The van der Waals surface area contributed by atoms with E-state index >= 15 is 0 Å². The van der Waals surface area contributed by atoms with Gasteiger partial charge >= 0.3 is 5.97 Å². The SMILES string of the molecule is CCCNC(=O)c1cccc(C(=O)N2CCCC(CCC(=O)O)C2)c1. The quantitative estimate of drug-likeness (QED) is 0.794. The minimum Gasteiger partial charge on any atom is -0.481 e. The number of carbonyl (C=O) groups is 3. The first-order chi connectivity index (χ1) is 12.0. The summed E-state index contributed by atoms with van der Waals surface area (Å²) < 4.78 is 0. The molecule has 2 amide bonds. The topological polar surface area (TPSA) is 86.7 Å². The number of aliphatic carboxylic acids is 1. The number of benzene rings is 1. The Morgan fingerprint density at radius 2 is 2.04 bits per heavy atom. The van der Waals surface area contributed by atoms with Gasteiger partial charge in [0.2, 0.25) is 0 Å². The number of carboxylic acid groups (broad SMARTS) is 1. The molecule has 0 aromatic heterocycles. The largest absolute Gasteiger partial charge is 0.481 e. The summed E-state index contributed by atoms with van der Waals surface area (Å²) >= 11 is 0. The third-order valence-corrected chi connectivity index (χ3v) is 4.48. The number of amides is 2. The molecule has 1 fully saturated rings. The fourth-order valence-corrected chi connectivity index (χ4v) is 3.13. The van der Waals surface area contributed by atoms with Crippen LogP contribution in [-0.4, -0.2) is 47.4 Å². The van der Waals surface area contributed by atoms with Crippen LogP contribution in [0.1, 0.15) is 59.7 Å². The zero-order valence-corrected chi connectivity index (χ0v) is 14.7. The highest BCUT2D eigenvalue weighted by Crippen LogP contribution is 2.22. The Balaban J connectivity index is 2.01. The lowest BCUT2D eigenvalue weighted by atomic mass is 9.93. The zero-order valence-electron chi connectivity index (χ0n) is 14.7. The number of carboxylic acids is 1. The predicted molar refractivity (Wildman–Crippen MR) is 94.6 cm³/mol. The fourth-order valence-electron chi connectivity index (χ4n) is 3.13. The van der Waals surface area contributed by atoms with Gasteiger partial charge in [-0.15, -0.1) is 0 Å². The normalized spacial score (nSPS) is 17.2. The van der Waals surface area contributed by atoms with E-state index in [4.69, 9.17) is 5.11 Å². The molecular formula is C19H26N2O4. The van der Waals surface area contributed by atoms with Gasteiger partial charge in [-0.05, 0) is 49.8 Å². The maximum absolute atomic E-state index is 12.8. The van der Waals surface area contributed by atoms with Gasteiger partial charge in [-0.2, -0.15) is 0 Å². The molecule has 6 nitrogen and oxygen atoms in total. The molecular weight excluding hydrogens is 320 g/mol. The van der Waals surface area contributed by atoms with E-state index in [9.17, 15) is 14.4 Å². The fraction of sp³-hybridized carbons (Fsp3) is 0.526. The molecule has 1 unspecified atom stereocenters. The Hall–Kier alpha value is -2.37. The molecule has 1 atom stereocenters. The van der Waals surface area contributed by atoms with Gasteiger partial charge in [-0.3, -0.25) is 14.4 Å². The summed E-state index contributed by atoms with van der Waals surface area (Å²) in [7, 11) is 0. The molecule has 1 saturated heterocycles. The number of hydrogen-bond donors (Lipinski definition) is 2. The monoisotopic (exact) mass is 346 g/mol. The molecule has 1 aliphatic rings. The molecule has 2 rings (SSSR count). The first kappa shape index (κ1) is 19.0. The van der Waals surface area contributed by atoms with Gasteiger partial charge in [0, 0.05) is 37.2 Å². The van der Waals surface area contributed by atoms with Gasteiger partial charge in [0.1, 0.15) is 0 Å². The number of carbonyl (C=O) groups excluding carboxylic acids is 2. The van der Waals surface area contributed by atoms with Crippen LogP contribution in [-0.2, 0) is 4.79 Å². The zero-order chi connectivity index (χ0) is 18.2. The van der Waals surface area contributed by atoms with Crippen molar-refractivity contribution in [1.29, 1.82) is 0 Å². The number of nitrogens with one attached hydrogen (secondary N) is 1. The Labute approximate surface area is 148 Å². The van der Waals surface area contributed by atoms with E-state index in [0.29, 0.717) is 37.2 Å². The van der Waals surface area contributed by atoms with Gasteiger partial charge in [0.25, 0.3) is 11.8 Å². The van der Waals surface area contributed by atoms with Gasteiger partial charge < -0.3 is 15.3 Å².